The van der Waals surface area contributed by atoms with Crippen molar-refractivity contribution in [3.8, 4) is 0 Å². The van der Waals surface area contributed by atoms with Gasteiger partial charge in [0.1, 0.15) is 0 Å². The Labute approximate surface area is 114 Å². The molecule has 1 rings (SSSR count). The number of benzene rings is 1. The Morgan fingerprint density at radius 2 is 1.94 bits per heavy atom. The zero-order valence-corrected chi connectivity index (χ0v) is 12.1. The smallest absolute Gasteiger partial charge is 0.234 e. The van der Waals surface area contributed by atoms with E-state index in [1.807, 2.05) is 12.1 Å². The van der Waals surface area contributed by atoms with Gasteiger partial charge in [0.15, 0.2) is 0 Å². The first kappa shape index (κ1) is 14.8. The highest BCUT2D eigenvalue weighted by atomic mass is 32.2. The molecule has 0 saturated carbocycles. The number of nitrogens with one attached hydrogen (secondary N) is 1. The molecule has 0 bridgehead atoms. The van der Waals surface area contributed by atoms with Crippen molar-refractivity contribution < 1.29 is 4.79 Å². The van der Waals surface area contributed by atoms with Gasteiger partial charge in [-0.2, -0.15) is 0 Å². The quantitative estimate of drug-likeness (QED) is 0.646. The summed E-state index contributed by atoms with van der Waals surface area (Å²) in [5.74, 6) is 1.30. The summed E-state index contributed by atoms with van der Waals surface area (Å²) in [5.41, 5.74) is 2.26. The second-order valence-corrected chi connectivity index (χ2v) is 6.21. The number of carbonyl (C=O) groups excluding carboxylic acids is 1. The Hall–Kier alpha value is -1.22. The van der Waals surface area contributed by atoms with Crippen LogP contribution >= 0.6 is 11.8 Å². The van der Waals surface area contributed by atoms with Crippen LogP contribution in [0.4, 0.5) is 5.69 Å². The van der Waals surface area contributed by atoms with Crippen LogP contribution in [0.5, 0.6) is 0 Å². The average molecular weight is 263 g/mol. The molecule has 1 aromatic rings. The minimum absolute atomic E-state index is 0.0327. The van der Waals surface area contributed by atoms with E-state index in [0.29, 0.717) is 5.75 Å². The lowest BCUT2D eigenvalue weighted by molar-refractivity contribution is -0.113. The molecular weight excluding hydrogens is 242 g/mol. The van der Waals surface area contributed by atoms with Gasteiger partial charge in [0.25, 0.3) is 0 Å². The summed E-state index contributed by atoms with van der Waals surface area (Å²) in [6, 6.07) is 8.03. The molecule has 1 aromatic carbocycles. The third-order valence-corrected chi connectivity index (χ3v) is 3.44. The first-order valence-corrected chi connectivity index (χ1v) is 7.18. The molecule has 0 heterocycles. The van der Waals surface area contributed by atoms with Gasteiger partial charge in [-0.05, 0) is 23.1 Å². The van der Waals surface area contributed by atoms with Gasteiger partial charge in [-0.3, -0.25) is 4.79 Å². The molecule has 0 spiro atoms. The molecule has 18 heavy (non-hydrogen) atoms. The molecule has 2 nitrogen and oxygen atoms in total. The Balaban J connectivity index is 2.53. The van der Waals surface area contributed by atoms with Crippen molar-refractivity contribution in [1.82, 2.24) is 0 Å². The third kappa shape index (κ3) is 4.96. The average Bonchev–Trinajstić information content (AvgIpc) is 2.29. The summed E-state index contributed by atoms with van der Waals surface area (Å²) in [6.07, 6.45) is 1.80. The molecule has 0 aromatic heterocycles. The third-order valence-electron chi connectivity index (χ3n) is 2.50. The maximum atomic E-state index is 11.6. The molecule has 0 aliphatic heterocycles. The maximum Gasteiger partial charge on any atom is 0.234 e. The topological polar surface area (TPSA) is 29.1 Å². The Kier molecular flexibility index (Phi) is 5.48. The second kappa shape index (κ2) is 6.64. The lowest BCUT2D eigenvalue weighted by atomic mass is 9.87. The van der Waals surface area contributed by atoms with E-state index < -0.39 is 0 Å². The van der Waals surface area contributed by atoms with Crippen molar-refractivity contribution in [1.29, 1.82) is 0 Å². The number of hydrogen-bond donors (Lipinski definition) is 1. The van der Waals surface area contributed by atoms with Gasteiger partial charge in [-0.15, -0.1) is 18.3 Å². The van der Waals surface area contributed by atoms with Gasteiger partial charge in [0.05, 0.1) is 5.75 Å². The predicted octanol–water partition coefficient (Wildman–Crippen LogP) is 3.84. The summed E-state index contributed by atoms with van der Waals surface area (Å²) in [6.45, 7) is 10.1. The van der Waals surface area contributed by atoms with Gasteiger partial charge >= 0.3 is 0 Å². The van der Waals surface area contributed by atoms with Crippen LogP contribution in [0.25, 0.3) is 0 Å². The van der Waals surface area contributed by atoms with E-state index in [1.54, 1.807) is 17.8 Å². The number of hydrogen-bond acceptors (Lipinski definition) is 2. The molecule has 0 atom stereocenters. The Morgan fingerprint density at radius 3 is 2.44 bits per heavy atom. The standard InChI is InChI=1S/C15H21NOS/c1-5-10-18-11-14(17)16-13-8-6-12(7-9-13)15(2,3)4/h5-9H,1,10-11H2,2-4H3,(H,16,17). The van der Waals surface area contributed by atoms with E-state index in [4.69, 9.17) is 0 Å². The number of carbonyl (C=O) groups is 1. The summed E-state index contributed by atoms with van der Waals surface area (Å²) in [7, 11) is 0. The van der Waals surface area contributed by atoms with E-state index in [-0.39, 0.29) is 11.3 Å². The van der Waals surface area contributed by atoms with E-state index in [2.05, 4.69) is 44.8 Å². The van der Waals surface area contributed by atoms with Crippen molar-refractivity contribution >= 4 is 23.4 Å². The predicted molar refractivity (Wildman–Crippen MR) is 81.3 cm³/mol. The maximum absolute atomic E-state index is 11.6. The zero-order valence-electron chi connectivity index (χ0n) is 11.3. The van der Waals surface area contributed by atoms with E-state index in [0.717, 1.165) is 11.4 Å². The molecule has 0 aliphatic carbocycles. The summed E-state index contributed by atoms with van der Waals surface area (Å²) in [4.78, 5) is 11.6. The molecule has 0 radical (unpaired) electrons. The highest BCUT2D eigenvalue weighted by Crippen LogP contribution is 2.23. The molecule has 3 heteroatoms. The van der Waals surface area contributed by atoms with Crippen molar-refractivity contribution in [2.45, 2.75) is 26.2 Å². The van der Waals surface area contributed by atoms with Gasteiger partial charge in [0.2, 0.25) is 5.91 Å². The number of rotatable bonds is 5. The monoisotopic (exact) mass is 263 g/mol. The van der Waals surface area contributed by atoms with E-state index >= 15 is 0 Å². The number of amides is 1. The second-order valence-electron chi connectivity index (χ2n) is 5.18. The van der Waals surface area contributed by atoms with Gasteiger partial charge in [0, 0.05) is 11.4 Å². The normalized spacial score (nSPS) is 11.1. The van der Waals surface area contributed by atoms with Crippen molar-refractivity contribution in [3.05, 3.63) is 42.5 Å². The minimum Gasteiger partial charge on any atom is -0.325 e. The van der Waals surface area contributed by atoms with Crippen LogP contribution in [0.15, 0.2) is 36.9 Å². The SMILES string of the molecule is C=CCSCC(=O)Nc1ccc(C(C)(C)C)cc1. The molecule has 0 fully saturated rings. The van der Waals surface area contributed by atoms with Crippen LogP contribution < -0.4 is 5.32 Å². The first-order chi connectivity index (χ1) is 8.43. The largest absolute Gasteiger partial charge is 0.325 e. The van der Waals surface area contributed by atoms with Gasteiger partial charge < -0.3 is 5.32 Å². The number of anilines is 1. The van der Waals surface area contributed by atoms with E-state index in [1.165, 1.54) is 5.56 Å². The Morgan fingerprint density at radius 1 is 1.33 bits per heavy atom. The lowest BCUT2D eigenvalue weighted by Crippen LogP contribution is -2.15. The molecule has 98 valence electrons. The van der Waals surface area contributed by atoms with Crippen LogP contribution in [0.2, 0.25) is 0 Å². The number of thioether (sulfide) groups is 1. The minimum atomic E-state index is 0.0327. The van der Waals surface area contributed by atoms with Crippen LogP contribution in [-0.4, -0.2) is 17.4 Å². The first-order valence-electron chi connectivity index (χ1n) is 6.02. The molecule has 1 N–H and O–H groups in total. The van der Waals surface area contributed by atoms with Crippen LogP contribution in [0.1, 0.15) is 26.3 Å². The van der Waals surface area contributed by atoms with Crippen molar-refractivity contribution in [3.63, 3.8) is 0 Å². The van der Waals surface area contributed by atoms with E-state index in [9.17, 15) is 4.79 Å². The lowest BCUT2D eigenvalue weighted by Gasteiger charge is -2.19. The summed E-state index contributed by atoms with van der Waals surface area (Å²) >= 11 is 1.56. The summed E-state index contributed by atoms with van der Waals surface area (Å²) in [5, 5.41) is 2.89. The van der Waals surface area contributed by atoms with Gasteiger partial charge in [-0.25, -0.2) is 0 Å². The highest BCUT2D eigenvalue weighted by Gasteiger charge is 2.13. The molecular formula is C15H21NOS. The fraction of sp³-hybridized carbons (Fsp3) is 0.400. The highest BCUT2D eigenvalue weighted by molar-refractivity contribution is 8.00. The Bertz CT molecular complexity index is 403. The van der Waals surface area contributed by atoms with Crippen LogP contribution in [0, 0.1) is 0 Å². The molecule has 1 amide bonds. The molecule has 0 saturated heterocycles. The zero-order chi connectivity index (χ0) is 13.6. The van der Waals surface area contributed by atoms with Crippen LogP contribution in [-0.2, 0) is 10.2 Å². The molecule has 0 unspecified atom stereocenters. The fourth-order valence-corrected chi connectivity index (χ4v) is 2.03. The van der Waals surface area contributed by atoms with Gasteiger partial charge in [-0.1, -0.05) is 39.0 Å². The van der Waals surface area contributed by atoms with Crippen molar-refractivity contribution in [2.24, 2.45) is 0 Å². The fourth-order valence-electron chi connectivity index (χ4n) is 1.49. The van der Waals surface area contributed by atoms with Crippen molar-refractivity contribution in [2.75, 3.05) is 16.8 Å². The summed E-state index contributed by atoms with van der Waals surface area (Å²) < 4.78 is 0. The van der Waals surface area contributed by atoms with Crippen LogP contribution in [0.3, 0.4) is 0 Å². The molecule has 0 aliphatic rings.